The number of hydrogen-bond acceptors (Lipinski definition) is 6. The highest BCUT2D eigenvalue weighted by Crippen LogP contribution is 2.31. The molecule has 1 aliphatic rings. The first-order chi connectivity index (χ1) is 11.0. The van der Waals surface area contributed by atoms with Crippen LogP contribution in [-0.4, -0.2) is 15.2 Å². The summed E-state index contributed by atoms with van der Waals surface area (Å²) in [5.41, 5.74) is 1.49. The number of benzene rings is 2. The monoisotopic (exact) mass is 314 g/mol. The fourth-order valence-corrected chi connectivity index (χ4v) is 2.13. The summed E-state index contributed by atoms with van der Waals surface area (Å²) in [5.74, 6) is -0.369. The molecule has 23 heavy (non-hydrogen) atoms. The first kappa shape index (κ1) is 14.8. The Labute approximate surface area is 130 Å². The molecule has 0 amide bonds. The Morgan fingerprint density at radius 1 is 1.13 bits per heavy atom. The lowest BCUT2D eigenvalue weighted by molar-refractivity contribution is -0.384. The summed E-state index contributed by atoms with van der Waals surface area (Å²) in [7, 11) is 0. The van der Waals surface area contributed by atoms with Crippen LogP contribution in [0.3, 0.4) is 0 Å². The van der Waals surface area contributed by atoms with Crippen molar-refractivity contribution in [1.29, 1.82) is 0 Å². The Hall–Kier alpha value is -3.13. The second-order valence-corrected chi connectivity index (χ2v) is 4.84. The van der Waals surface area contributed by atoms with Gasteiger partial charge in [-0.2, -0.15) is 10.2 Å². The van der Waals surface area contributed by atoms with Gasteiger partial charge in [-0.1, -0.05) is 0 Å². The maximum atomic E-state index is 12.9. The fourth-order valence-electron chi connectivity index (χ4n) is 2.13. The van der Waals surface area contributed by atoms with Gasteiger partial charge in [0, 0.05) is 23.3 Å². The zero-order chi connectivity index (χ0) is 16.4. The van der Waals surface area contributed by atoms with Gasteiger partial charge in [-0.25, -0.2) is 9.45 Å². The quantitative estimate of drug-likeness (QED) is 0.687. The van der Waals surface area contributed by atoms with Crippen molar-refractivity contribution in [2.75, 3.05) is 0 Å². The highest BCUT2D eigenvalue weighted by molar-refractivity contribution is 5.64. The van der Waals surface area contributed by atoms with Gasteiger partial charge in [-0.15, -0.1) is 0 Å². The SMILES string of the molecule is O=[N+]([O-])c1ccc([C@@H]2N=NC(c3ccc(F)cc3)=CN2O)cc1. The van der Waals surface area contributed by atoms with E-state index >= 15 is 0 Å². The van der Waals surface area contributed by atoms with Gasteiger partial charge < -0.3 is 0 Å². The van der Waals surface area contributed by atoms with E-state index in [1.165, 1.54) is 54.7 Å². The number of non-ortho nitro benzene ring substituents is 1. The predicted octanol–water partition coefficient (Wildman–Crippen LogP) is 3.89. The molecular weight excluding hydrogens is 303 g/mol. The van der Waals surface area contributed by atoms with E-state index in [1.54, 1.807) is 0 Å². The second kappa shape index (κ2) is 5.93. The summed E-state index contributed by atoms with van der Waals surface area (Å²) in [6, 6.07) is 11.3. The van der Waals surface area contributed by atoms with Crippen LogP contribution in [-0.2, 0) is 0 Å². The van der Waals surface area contributed by atoms with Gasteiger partial charge in [0.1, 0.15) is 11.5 Å². The average molecular weight is 314 g/mol. The number of nitrogens with zero attached hydrogens (tertiary/aromatic N) is 4. The van der Waals surface area contributed by atoms with Gasteiger partial charge in [0.2, 0.25) is 0 Å². The third-order valence-corrected chi connectivity index (χ3v) is 3.32. The summed E-state index contributed by atoms with van der Waals surface area (Å²) in [4.78, 5) is 10.1. The minimum absolute atomic E-state index is 0.0477. The molecule has 0 radical (unpaired) electrons. The lowest BCUT2D eigenvalue weighted by Gasteiger charge is -2.24. The first-order valence-corrected chi connectivity index (χ1v) is 6.65. The maximum Gasteiger partial charge on any atom is 0.269 e. The van der Waals surface area contributed by atoms with Crippen molar-refractivity contribution in [1.82, 2.24) is 5.06 Å². The van der Waals surface area contributed by atoms with E-state index in [4.69, 9.17) is 0 Å². The van der Waals surface area contributed by atoms with E-state index in [0.29, 0.717) is 16.8 Å². The van der Waals surface area contributed by atoms with Crippen LogP contribution in [0.2, 0.25) is 0 Å². The maximum absolute atomic E-state index is 12.9. The Morgan fingerprint density at radius 2 is 1.78 bits per heavy atom. The van der Waals surface area contributed by atoms with Gasteiger partial charge in [0.25, 0.3) is 5.69 Å². The number of halogens is 1. The van der Waals surface area contributed by atoms with E-state index in [-0.39, 0.29) is 11.5 Å². The van der Waals surface area contributed by atoms with E-state index in [0.717, 1.165) is 5.06 Å². The Balaban J connectivity index is 1.82. The first-order valence-electron chi connectivity index (χ1n) is 6.65. The summed E-state index contributed by atoms with van der Waals surface area (Å²) < 4.78 is 12.9. The van der Waals surface area contributed by atoms with Crippen LogP contribution in [0.25, 0.3) is 5.70 Å². The number of hydrogen-bond donors (Lipinski definition) is 1. The molecule has 3 rings (SSSR count). The fraction of sp³-hybridized carbons (Fsp3) is 0.0667. The molecule has 1 aliphatic heterocycles. The summed E-state index contributed by atoms with van der Waals surface area (Å²) in [6.45, 7) is 0. The van der Waals surface area contributed by atoms with Gasteiger partial charge in [-0.3, -0.25) is 15.3 Å². The van der Waals surface area contributed by atoms with Crippen molar-refractivity contribution in [3.63, 3.8) is 0 Å². The molecule has 2 aromatic carbocycles. The molecule has 0 unspecified atom stereocenters. The molecule has 0 fully saturated rings. The number of azo groups is 1. The third kappa shape index (κ3) is 3.06. The molecule has 116 valence electrons. The largest absolute Gasteiger partial charge is 0.286 e. The number of nitro groups is 1. The minimum atomic E-state index is -0.792. The van der Waals surface area contributed by atoms with Crippen LogP contribution >= 0.6 is 0 Å². The van der Waals surface area contributed by atoms with Crippen molar-refractivity contribution in [3.8, 4) is 0 Å². The standard InChI is InChI=1S/C15H11FN4O3/c16-12-5-1-10(2-6-12)14-9-19(21)15(18-17-14)11-3-7-13(8-4-11)20(22)23/h1-9,15,21H/t15-/m1/s1. The van der Waals surface area contributed by atoms with Crippen LogP contribution in [0, 0.1) is 15.9 Å². The topological polar surface area (TPSA) is 91.3 Å². The molecule has 7 nitrogen and oxygen atoms in total. The van der Waals surface area contributed by atoms with Gasteiger partial charge in [0.15, 0.2) is 6.17 Å². The van der Waals surface area contributed by atoms with Crippen molar-refractivity contribution < 1.29 is 14.5 Å². The van der Waals surface area contributed by atoms with Crippen molar-refractivity contribution in [3.05, 3.63) is 81.8 Å². The molecule has 1 N–H and O–H groups in total. The van der Waals surface area contributed by atoms with Gasteiger partial charge >= 0.3 is 0 Å². The third-order valence-electron chi connectivity index (χ3n) is 3.32. The highest BCUT2D eigenvalue weighted by atomic mass is 19.1. The molecule has 0 bridgehead atoms. The molecule has 0 aromatic heterocycles. The van der Waals surface area contributed by atoms with E-state index in [1.807, 2.05) is 0 Å². The molecular formula is C15H11FN4O3. The average Bonchev–Trinajstić information content (AvgIpc) is 2.55. The van der Waals surface area contributed by atoms with Gasteiger partial charge in [-0.05, 0) is 36.4 Å². The minimum Gasteiger partial charge on any atom is -0.286 e. The predicted molar refractivity (Wildman–Crippen MR) is 78.7 cm³/mol. The molecule has 0 saturated carbocycles. The number of nitro benzene ring substituents is 1. The normalized spacial score (nSPS) is 17.0. The van der Waals surface area contributed by atoms with Crippen molar-refractivity contribution >= 4 is 11.4 Å². The van der Waals surface area contributed by atoms with E-state index in [2.05, 4.69) is 10.2 Å². The highest BCUT2D eigenvalue weighted by Gasteiger charge is 2.21. The van der Waals surface area contributed by atoms with Crippen molar-refractivity contribution in [2.24, 2.45) is 10.2 Å². The van der Waals surface area contributed by atoms with Crippen LogP contribution in [0.4, 0.5) is 10.1 Å². The molecule has 0 spiro atoms. The molecule has 0 saturated heterocycles. The Morgan fingerprint density at radius 3 is 2.35 bits per heavy atom. The Kier molecular flexibility index (Phi) is 3.82. The van der Waals surface area contributed by atoms with Gasteiger partial charge in [0.05, 0.1) is 11.1 Å². The van der Waals surface area contributed by atoms with Crippen LogP contribution < -0.4 is 0 Å². The molecule has 0 aliphatic carbocycles. The molecule has 1 heterocycles. The number of hydroxylamine groups is 2. The molecule has 1 atom stereocenters. The lowest BCUT2D eigenvalue weighted by Crippen LogP contribution is -2.20. The summed E-state index contributed by atoms with van der Waals surface area (Å²) in [6.07, 6.45) is 0.576. The molecule has 2 aromatic rings. The van der Waals surface area contributed by atoms with Crippen LogP contribution in [0.15, 0.2) is 65.0 Å². The zero-order valence-electron chi connectivity index (χ0n) is 11.7. The number of rotatable bonds is 3. The Bertz CT molecular complexity index is 787. The smallest absolute Gasteiger partial charge is 0.269 e. The van der Waals surface area contributed by atoms with Crippen molar-refractivity contribution in [2.45, 2.75) is 6.17 Å². The summed E-state index contributed by atoms with van der Waals surface area (Å²) >= 11 is 0. The van der Waals surface area contributed by atoms with Crippen LogP contribution in [0.1, 0.15) is 17.3 Å². The van der Waals surface area contributed by atoms with E-state index < -0.39 is 11.1 Å². The van der Waals surface area contributed by atoms with E-state index in [9.17, 15) is 19.7 Å². The lowest BCUT2D eigenvalue weighted by atomic mass is 10.1. The summed E-state index contributed by atoms with van der Waals surface area (Å²) in [5, 5.41) is 29.6. The molecule has 8 heteroatoms. The second-order valence-electron chi connectivity index (χ2n) is 4.84. The van der Waals surface area contributed by atoms with Crippen LogP contribution in [0.5, 0.6) is 0 Å². The zero-order valence-corrected chi connectivity index (χ0v) is 11.7.